The van der Waals surface area contributed by atoms with E-state index in [4.69, 9.17) is 4.98 Å². The Morgan fingerprint density at radius 2 is 1.95 bits per heavy atom. The van der Waals surface area contributed by atoms with E-state index in [1.54, 1.807) is 0 Å². The summed E-state index contributed by atoms with van der Waals surface area (Å²) in [7, 11) is 1.91. The predicted octanol–water partition coefficient (Wildman–Crippen LogP) is 4.37. The number of rotatable bonds is 4. The molecule has 110 valence electrons. The summed E-state index contributed by atoms with van der Waals surface area (Å²) in [6, 6.07) is 6.57. The van der Waals surface area contributed by atoms with Gasteiger partial charge in [0.1, 0.15) is 11.6 Å². The molecular formula is C17H20BrN3. The highest BCUT2D eigenvalue weighted by Gasteiger charge is 2.29. The molecule has 3 rings (SSSR count). The van der Waals surface area contributed by atoms with Crippen molar-refractivity contribution in [3.8, 4) is 0 Å². The Labute approximate surface area is 134 Å². The van der Waals surface area contributed by atoms with Gasteiger partial charge in [-0.25, -0.2) is 9.97 Å². The molecule has 0 atom stereocenters. The summed E-state index contributed by atoms with van der Waals surface area (Å²) in [5, 5.41) is 3.17. The number of hydrogen-bond donors (Lipinski definition) is 1. The van der Waals surface area contributed by atoms with Crippen molar-refractivity contribution >= 4 is 21.7 Å². The lowest BCUT2D eigenvalue weighted by Crippen LogP contribution is -2.06. The van der Waals surface area contributed by atoms with E-state index >= 15 is 0 Å². The zero-order valence-electron chi connectivity index (χ0n) is 12.7. The zero-order valence-corrected chi connectivity index (χ0v) is 14.3. The second-order valence-corrected chi connectivity index (χ2v) is 6.60. The van der Waals surface area contributed by atoms with Gasteiger partial charge in [0.05, 0.1) is 10.2 Å². The van der Waals surface area contributed by atoms with E-state index in [9.17, 15) is 0 Å². The van der Waals surface area contributed by atoms with Crippen molar-refractivity contribution < 1.29 is 0 Å². The van der Waals surface area contributed by atoms with E-state index in [0.29, 0.717) is 5.92 Å². The molecule has 0 bridgehead atoms. The number of aromatic nitrogens is 2. The molecule has 21 heavy (non-hydrogen) atoms. The number of hydrogen-bond acceptors (Lipinski definition) is 3. The molecule has 1 aromatic carbocycles. The third-order valence-corrected chi connectivity index (χ3v) is 4.84. The molecular weight excluding hydrogens is 326 g/mol. The summed E-state index contributed by atoms with van der Waals surface area (Å²) < 4.78 is 1.02. The number of anilines is 1. The van der Waals surface area contributed by atoms with Crippen molar-refractivity contribution in [2.24, 2.45) is 0 Å². The molecule has 0 aliphatic heterocycles. The molecule has 2 aromatic rings. The summed E-state index contributed by atoms with van der Waals surface area (Å²) in [6.45, 7) is 4.29. The smallest absolute Gasteiger partial charge is 0.144 e. The van der Waals surface area contributed by atoms with Crippen molar-refractivity contribution in [1.82, 2.24) is 9.97 Å². The molecule has 1 fully saturated rings. The number of benzene rings is 1. The maximum absolute atomic E-state index is 4.79. The van der Waals surface area contributed by atoms with Crippen LogP contribution in [-0.2, 0) is 6.42 Å². The van der Waals surface area contributed by atoms with Gasteiger partial charge in [0.2, 0.25) is 0 Å². The predicted molar refractivity (Wildman–Crippen MR) is 90.0 cm³/mol. The molecule has 0 saturated heterocycles. The number of nitrogens with one attached hydrogen (secondary N) is 1. The number of nitrogens with zero attached hydrogens (tertiary/aromatic N) is 2. The lowest BCUT2D eigenvalue weighted by Gasteiger charge is -2.11. The van der Waals surface area contributed by atoms with Crippen molar-refractivity contribution in [2.45, 2.75) is 39.0 Å². The van der Waals surface area contributed by atoms with Crippen LogP contribution in [0.15, 0.2) is 22.7 Å². The SMILES string of the molecule is CNc1nc(Cc2ccc(C)c(C)c2)nc(C2CC2)c1Br. The van der Waals surface area contributed by atoms with Crippen molar-refractivity contribution in [2.75, 3.05) is 12.4 Å². The largest absolute Gasteiger partial charge is 0.372 e. The summed E-state index contributed by atoms with van der Waals surface area (Å²) >= 11 is 3.64. The fourth-order valence-electron chi connectivity index (χ4n) is 2.48. The number of aryl methyl sites for hydroxylation is 2. The first-order valence-corrected chi connectivity index (χ1v) is 8.18. The minimum absolute atomic E-state index is 0.605. The Balaban J connectivity index is 1.94. The van der Waals surface area contributed by atoms with Crippen LogP contribution in [0.5, 0.6) is 0 Å². The van der Waals surface area contributed by atoms with Crippen LogP contribution in [0.3, 0.4) is 0 Å². The van der Waals surface area contributed by atoms with Gasteiger partial charge in [-0.05, 0) is 59.3 Å². The fourth-order valence-corrected chi connectivity index (χ4v) is 3.18. The fraction of sp³-hybridized carbons (Fsp3) is 0.412. The van der Waals surface area contributed by atoms with Crippen LogP contribution in [0.1, 0.15) is 47.0 Å². The average molecular weight is 346 g/mol. The highest BCUT2D eigenvalue weighted by Crippen LogP contribution is 2.43. The summed E-state index contributed by atoms with van der Waals surface area (Å²) in [6.07, 6.45) is 3.26. The Hall–Kier alpha value is -1.42. The normalized spacial score (nSPS) is 14.3. The lowest BCUT2D eigenvalue weighted by atomic mass is 10.0. The summed E-state index contributed by atoms with van der Waals surface area (Å²) in [5.74, 6) is 2.39. The molecule has 3 nitrogen and oxygen atoms in total. The van der Waals surface area contributed by atoms with E-state index in [0.717, 1.165) is 28.2 Å². The van der Waals surface area contributed by atoms with Crippen molar-refractivity contribution in [3.05, 3.63) is 50.9 Å². The average Bonchev–Trinajstić information content (AvgIpc) is 3.29. The molecule has 0 spiro atoms. The van der Waals surface area contributed by atoms with Crippen LogP contribution >= 0.6 is 15.9 Å². The maximum atomic E-state index is 4.79. The first-order chi connectivity index (χ1) is 10.1. The second kappa shape index (κ2) is 5.76. The molecule has 0 amide bonds. The third-order valence-electron chi connectivity index (χ3n) is 4.06. The Morgan fingerprint density at radius 3 is 2.57 bits per heavy atom. The molecule has 1 aliphatic rings. The topological polar surface area (TPSA) is 37.8 Å². The molecule has 0 radical (unpaired) electrons. The standard InChI is InChI=1S/C17H20BrN3/c1-10-4-5-12(8-11(10)2)9-14-20-16(13-6-7-13)15(18)17(19-3)21-14/h4-5,8,13H,6-7,9H2,1-3H3,(H,19,20,21). The van der Waals surface area contributed by atoms with Crippen LogP contribution in [0.2, 0.25) is 0 Å². The molecule has 1 aromatic heterocycles. The Bertz CT molecular complexity index is 678. The molecule has 4 heteroatoms. The summed E-state index contributed by atoms with van der Waals surface area (Å²) in [5.41, 5.74) is 5.07. The van der Waals surface area contributed by atoms with Crippen LogP contribution < -0.4 is 5.32 Å². The van der Waals surface area contributed by atoms with Crippen molar-refractivity contribution in [3.63, 3.8) is 0 Å². The maximum Gasteiger partial charge on any atom is 0.144 e. The van der Waals surface area contributed by atoms with Crippen LogP contribution in [0.25, 0.3) is 0 Å². The van der Waals surface area contributed by atoms with Gasteiger partial charge < -0.3 is 5.32 Å². The Kier molecular flexibility index (Phi) is 3.98. The first kappa shape index (κ1) is 14.5. The van der Waals surface area contributed by atoms with Gasteiger partial charge in [-0.1, -0.05) is 18.2 Å². The van der Waals surface area contributed by atoms with E-state index < -0.39 is 0 Å². The van der Waals surface area contributed by atoms with Gasteiger partial charge in [-0.3, -0.25) is 0 Å². The number of halogens is 1. The Morgan fingerprint density at radius 1 is 1.19 bits per heavy atom. The molecule has 1 aliphatic carbocycles. The lowest BCUT2D eigenvalue weighted by molar-refractivity contribution is 0.891. The van der Waals surface area contributed by atoms with Gasteiger partial charge >= 0.3 is 0 Å². The molecule has 1 N–H and O–H groups in total. The monoisotopic (exact) mass is 345 g/mol. The van der Waals surface area contributed by atoms with Gasteiger partial charge in [-0.2, -0.15) is 0 Å². The quantitative estimate of drug-likeness (QED) is 0.894. The van der Waals surface area contributed by atoms with Crippen LogP contribution in [0, 0.1) is 13.8 Å². The summed E-state index contributed by atoms with van der Waals surface area (Å²) in [4.78, 5) is 9.43. The highest BCUT2D eigenvalue weighted by molar-refractivity contribution is 9.10. The second-order valence-electron chi connectivity index (χ2n) is 5.81. The molecule has 1 heterocycles. The van der Waals surface area contributed by atoms with Crippen LogP contribution in [-0.4, -0.2) is 17.0 Å². The molecule has 1 saturated carbocycles. The van der Waals surface area contributed by atoms with E-state index in [1.165, 1.54) is 29.5 Å². The first-order valence-electron chi connectivity index (χ1n) is 7.38. The van der Waals surface area contributed by atoms with Gasteiger partial charge in [0.25, 0.3) is 0 Å². The van der Waals surface area contributed by atoms with Gasteiger partial charge in [0.15, 0.2) is 0 Å². The van der Waals surface area contributed by atoms with E-state index in [-0.39, 0.29) is 0 Å². The minimum Gasteiger partial charge on any atom is -0.372 e. The van der Waals surface area contributed by atoms with Crippen LogP contribution in [0.4, 0.5) is 5.82 Å². The third kappa shape index (κ3) is 3.10. The van der Waals surface area contributed by atoms with E-state index in [1.807, 2.05) is 7.05 Å². The highest BCUT2D eigenvalue weighted by atomic mass is 79.9. The zero-order chi connectivity index (χ0) is 15.0. The van der Waals surface area contributed by atoms with Crippen molar-refractivity contribution in [1.29, 1.82) is 0 Å². The minimum atomic E-state index is 0.605. The van der Waals surface area contributed by atoms with E-state index in [2.05, 4.69) is 58.3 Å². The molecule has 0 unspecified atom stereocenters. The van der Waals surface area contributed by atoms with Gasteiger partial charge in [-0.15, -0.1) is 0 Å². The van der Waals surface area contributed by atoms with Gasteiger partial charge in [0, 0.05) is 19.4 Å².